The number of hydrogen-bond acceptors (Lipinski definition) is 6. The van der Waals surface area contributed by atoms with Crippen LogP contribution in [0.2, 0.25) is 0 Å². The van der Waals surface area contributed by atoms with Crippen molar-refractivity contribution in [1.29, 1.82) is 0 Å². The van der Waals surface area contributed by atoms with Gasteiger partial charge in [0, 0.05) is 17.1 Å². The molecule has 2 atom stereocenters. The fourth-order valence-corrected chi connectivity index (χ4v) is 5.52. The molecule has 0 aliphatic rings. The molecule has 211 valence electrons. The van der Waals surface area contributed by atoms with E-state index in [-0.39, 0.29) is 38.7 Å². The number of rotatable bonds is 10. The number of sulfonamides is 2. The van der Waals surface area contributed by atoms with E-state index in [1.165, 1.54) is 24.3 Å². The van der Waals surface area contributed by atoms with Crippen LogP contribution in [0.1, 0.15) is 38.8 Å². The number of carboxylic acids is 2. The van der Waals surface area contributed by atoms with Crippen LogP contribution >= 0.6 is 0 Å². The third-order valence-corrected chi connectivity index (χ3v) is 8.01. The Morgan fingerprint density at radius 1 is 0.622 bits per heavy atom. The van der Waals surface area contributed by atoms with Crippen molar-refractivity contribution in [2.24, 2.45) is 11.8 Å². The van der Waals surface area contributed by atoms with Crippen LogP contribution in [0, 0.1) is 25.7 Å². The van der Waals surface area contributed by atoms with E-state index in [2.05, 4.69) is 9.44 Å². The Bertz CT molecular complexity index is 1150. The number of aliphatic carboxylic acids is 2. The van der Waals surface area contributed by atoms with Crippen molar-refractivity contribution in [2.75, 3.05) is 0 Å². The van der Waals surface area contributed by atoms with Gasteiger partial charge in [0.2, 0.25) is 20.0 Å². The van der Waals surface area contributed by atoms with Crippen LogP contribution in [0.4, 0.5) is 0 Å². The molecule has 0 saturated carbocycles. The summed E-state index contributed by atoms with van der Waals surface area (Å²) >= 11 is 0. The third-order valence-electron chi connectivity index (χ3n) is 5.09. The van der Waals surface area contributed by atoms with Crippen LogP contribution in [0.25, 0.3) is 0 Å². The topological polar surface area (TPSA) is 167 Å². The maximum atomic E-state index is 12.0. The van der Waals surface area contributed by atoms with Gasteiger partial charge in [0.05, 0.1) is 9.79 Å². The molecule has 2 aromatic rings. The van der Waals surface area contributed by atoms with Crippen molar-refractivity contribution in [3.8, 4) is 0 Å². The predicted molar refractivity (Wildman–Crippen MR) is 136 cm³/mol. The van der Waals surface area contributed by atoms with Gasteiger partial charge < -0.3 is 10.2 Å². The minimum Gasteiger partial charge on any atom is -0.480 e. The molecule has 10 nitrogen and oxygen atoms in total. The van der Waals surface area contributed by atoms with Crippen molar-refractivity contribution >= 4 is 32.0 Å². The second-order valence-corrected chi connectivity index (χ2v) is 12.4. The summed E-state index contributed by atoms with van der Waals surface area (Å²) < 4.78 is 52.4. The molecule has 0 spiro atoms. The first kappa shape index (κ1) is 34.7. The van der Waals surface area contributed by atoms with Gasteiger partial charge in [-0.15, -0.1) is 0 Å². The van der Waals surface area contributed by atoms with E-state index in [1.54, 1.807) is 52.0 Å². The van der Waals surface area contributed by atoms with Gasteiger partial charge in [-0.05, 0) is 49.9 Å². The molecule has 0 saturated heterocycles. The number of carboxylic acid groups (broad SMARTS) is 2. The Hall–Kier alpha value is -2.28. The van der Waals surface area contributed by atoms with E-state index >= 15 is 0 Å². The molecular weight excluding hydrogens is 572 g/mol. The van der Waals surface area contributed by atoms with E-state index in [9.17, 15) is 26.4 Å². The zero-order chi connectivity index (χ0) is 27.8. The normalized spacial score (nSPS) is 13.2. The minimum atomic E-state index is -3.80. The maximum Gasteiger partial charge on any atom is 0.322 e. The first-order chi connectivity index (χ1) is 16.5. The standard InChI is InChI=1S/2C12H17NO4S.Cu/c2*1-8(2)11(12(14)15)13-18(16,17)10-6-4-9(3)5-7-10;/h2*4-8,11,13H,1-3H3,(H,14,15);/t2*11-;/m00./s1. The number of hydrogen-bond donors (Lipinski definition) is 4. The Morgan fingerprint density at radius 2 is 0.865 bits per heavy atom. The summed E-state index contributed by atoms with van der Waals surface area (Å²) in [6.07, 6.45) is 0. The average molecular weight is 606 g/mol. The Morgan fingerprint density at radius 3 is 1.05 bits per heavy atom. The van der Waals surface area contributed by atoms with Gasteiger partial charge >= 0.3 is 11.9 Å². The van der Waals surface area contributed by atoms with E-state index in [0.29, 0.717) is 0 Å². The molecule has 0 aromatic heterocycles. The largest absolute Gasteiger partial charge is 0.480 e. The van der Waals surface area contributed by atoms with Crippen LogP contribution in [0.5, 0.6) is 0 Å². The Labute approximate surface area is 229 Å². The molecule has 0 aliphatic heterocycles. The summed E-state index contributed by atoms with van der Waals surface area (Å²) in [4.78, 5) is 22.1. The molecule has 0 unspecified atom stereocenters. The summed E-state index contributed by atoms with van der Waals surface area (Å²) in [6.45, 7) is 10.3. The predicted octanol–water partition coefficient (Wildman–Crippen LogP) is 2.76. The van der Waals surface area contributed by atoms with E-state index in [1.807, 2.05) is 13.8 Å². The van der Waals surface area contributed by atoms with Crippen LogP contribution in [-0.2, 0) is 46.7 Å². The maximum absolute atomic E-state index is 12.0. The van der Waals surface area contributed by atoms with Gasteiger partial charge in [0.15, 0.2) is 0 Å². The Kier molecular flexibility index (Phi) is 13.7. The molecule has 1 radical (unpaired) electrons. The van der Waals surface area contributed by atoms with Crippen LogP contribution < -0.4 is 9.44 Å². The van der Waals surface area contributed by atoms with E-state index in [4.69, 9.17) is 10.2 Å². The number of aryl methyl sites for hydroxylation is 2. The summed E-state index contributed by atoms with van der Waals surface area (Å²) in [5, 5.41) is 17.9. The molecule has 2 aromatic carbocycles. The molecule has 13 heteroatoms. The second-order valence-electron chi connectivity index (χ2n) is 8.99. The van der Waals surface area contributed by atoms with Crippen LogP contribution in [-0.4, -0.2) is 51.1 Å². The second kappa shape index (κ2) is 14.6. The summed E-state index contributed by atoms with van der Waals surface area (Å²) in [5.74, 6) is -3.02. The quantitative estimate of drug-likeness (QED) is 0.300. The number of carbonyl (C=O) groups is 2. The van der Waals surface area contributed by atoms with Gasteiger partial charge in [-0.25, -0.2) is 16.8 Å². The monoisotopic (exact) mass is 605 g/mol. The molecule has 0 amide bonds. The Balaban J connectivity index is 0.000000682. The van der Waals surface area contributed by atoms with Crippen molar-refractivity contribution in [1.82, 2.24) is 9.44 Å². The van der Waals surface area contributed by atoms with Gasteiger partial charge in [0.25, 0.3) is 0 Å². The van der Waals surface area contributed by atoms with E-state index < -0.39 is 44.1 Å². The smallest absolute Gasteiger partial charge is 0.322 e. The fraction of sp³-hybridized carbons (Fsp3) is 0.417. The summed E-state index contributed by atoms with van der Waals surface area (Å²) in [5.41, 5.74) is 1.88. The third kappa shape index (κ3) is 10.9. The zero-order valence-corrected chi connectivity index (χ0v) is 24.0. The average Bonchev–Trinajstić information content (AvgIpc) is 2.76. The molecule has 2 rings (SSSR count). The van der Waals surface area contributed by atoms with Gasteiger partial charge in [0.1, 0.15) is 12.1 Å². The molecule has 4 N–H and O–H groups in total. The van der Waals surface area contributed by atoms with E-state index in [0.717, 1.165) is 11.1 Å². The number of nitrogens with one attached hydrogen (secondary N) is 2. The molecular formula is C24H34CuN2O8S2. The fourth-order valence-electron chi connectivity index (χ4n) is 2.85. The molecule has 37 heavy (non-hydrogen) atoms. The van der Waals surface area contributed by atoms with Crippen molar-refractivity contribution < 1.29 is 53.7 Å². The summed E-state index contributed by atoms with van der Waals surface area (Å²) in [6, 6.07) is 10.2. The summed E-state index contributed by atoms with van der Waals surface area (Å²) in [7, 11) is -7.59. The molecule has 0 bridgehead atoms. The molecule has 0 heterocycles. The van der Waals surface area contributed by atoms with Crippen LogP contribution in [0.3, 0.4) is 0 Å². The van der Waals surface area contributed by atoms with Crippen molar-refractivity contribution in [2.45, 2.75) is 63.4 Å². The van der Waals surface area contributed by atoms with Gasteiger partial charge in [-0.1, -0.05) is 63.1 Å². The van der Waals surface area contributed by atoms with Gasteiger partial charge in [-0.3, -0.25) is 9.59 Å². The van der Waals surface area contributed by atoms with Crippen molar-refractivity contribution in [3.63, 3.8) is 0 Å². The molecule has 0 fully saturated rings. The van der Waals surface area contributed by atoms with Crippen molar-refractivity contribution in [3.05, 3.63) is 59.7 Å². The first-order valence-corrected chi connectivity index (χ1v) is 14.1. The van der Waals surface area contributed by atoms with Gasteiger partial charge in [-0.2, -0.15) is 9.44 Å². The SMILES string of the molecule is Cc1ccc(S(=O)(=O)N[C@H](C(=O)O)C(C)C)cc1.Cc1ccc(S(=O)(=O)N[C@H](C(=O)O)C(C)C)cc1.[Cu]. The zero-order valence-electron chi connectivity index (χ0n) is 21.4. The minimum absolute atomic E-state index is 0. The first-order valence-electron chi connectivity index (χ1n) is 11.1. The number of benzene rings is 2. The molecule has 0 aliphatic carbocycles. The van der Waals surface area contributed by atoms with Crippen LogP contribution in [0.15, 0.2) is 58.3 Å².